The molecule has 0 fully saturated rings. The molecule has 0 spiro atoms. The number of nitrogens with one attached hydrogen (secondary N) is 1. The van der Waals surface area contributed by atoms with Crippen molar-refractivity contribution in [3.05, 3.63) is 71.8 Å². The summed E-state index contributed by atoms with van der Waals surface area (Å²) < 4.78 is 5.38. The van der Waals surface area contributed by atoms with Gasteiger partial charge in [0.05, 0.1) is 6.10 Å². The van der Waals surface area contributed by atoms with Crippen LogP contribution in [0, 0.1) is 0 Å². The molecule has 4 N–H and O–H groups in total. The number of alkyl carbamates (subject to hydrolysis) is 1. The molecular formula is C23H32N2O3. The molecule has 2 aromatic rings. The zero-order valence-corrected chi connectivity index (χ0v) is 17.0. The molecule has 28 heavy (non-hydrogen) atoms. The molecule has 0 aliphatic carbocycles. The second kappa shape index (κ2) is 10.2. The van der Waals surface area contributed by atoms with E-state index >= 15 is 0 Å². The number of benzene rings is 2. The van der Waals surface area contributed by atoms with Gasteiger partial charge in [0.1, 0.15) is 5.60 Å². The van der Waals surface area contributed by atoms with Crippen LogP contribution in [0.2, 0.25) is 0 Å². The van der Waals surface area contributed by atoms with Crippen LogP contribution in [0.15, 0.2) is 60.7 Å². The van der Waals surface area contributed by atoms with Crippen molar-refractivity contribution >= 4 is 6.09 Å². The number of carbonyl (C=O) groups excluding carboxylic acids is 1. The highest BCUT2D eigenvalue weighted by Gasteiger charge is 2.24. The van der Waals surface area contributed by atoms with E-state index in [1.165, 1.54) is 0 Å². The zero-order chi connectivity index (χ0) is 20.6. The van der Waals surface area contributed by atoms with Gasteiger partial charge in [-0.1, -0.05) is 60.7 Å². The van der Waals surface area contributed by atoms with E-state index in [9.17, 15) is 9.90 Å². The highest BCUT2D eigenvalue weighted by atomic mass is 16.6. The van der Waals surface area contributed by atoms with Crippen molar-refractivity contribution in [1.82, 2.24) is 5.32 Å². The van der Waals surface area contributed by atoms with Crippen LogP contribution in [0.4, 0.5) is 4.79 Å². The molecule has 5 heteroatoms. The number of aliphatic hydroxyl groups is 1. The Balaban J connectivity index is 2.01. The van der Waals surface area contributed by atoms with E-state index in [2.05, 4.69) is 5.32 Å². The Morgan fingerprint density at radius 1 is 1.00 bits per heavy atom. The van der Waals surface area contributed by atoms with Crippen LogP contribution in [0.1, 0.15) is 38.3 Å². The van der Waals surface area contributed by atoms with E-state index in [0.717, 1.165) is 11.1 Å². The largest absolute Gasteiger partial charge is 0.444 e. The van der Waals surface area contributed by atoms with E-state index in [1.807, 2.05) is 81.4 Å². The summed E-state index contributed by atoms with van der Waals surface area (Å²) in [5.41, 5.74) is 7.80. The maximum atomic E-state index is 12.3. The molecule has 1 amide bonds. The van der Waals surface area contributed by atoms with Crippen LogP contribution in [0.25, 0.3) is 0 Å². The van der Waals surface area contributed by atoms with Gasteiger partial charge in [-0.3, -0.25) is 0 Å². The fourth-order valence-electron chi connectivity index (χ4n) is 3.05. The van der Waals surface area contributed by atoms with Crippen molar-refractivity contribution in [2.24, 2.45) is 5.73 Å². The van der Waals surface area contributed by atoms with Crippen molar-refractivity contribution in [3.8, 4) is 0 Å². The van der Waals surface area contributed by atoms with Crippen molar-refractivity contribution in [3.63, 3.8) is 0 Å². The number of nitrogens with two attached hydrogens (primary N) is 1. The Kier molecular flexibility index (Phi) is 8.03. The average molecular weight is 385 g/mol. The summed E-state index contributed by atoms with van der Waals surface area (Å²) in [5.74, 6) is 0. The van der Waals surface area contributed by atoms with Gasteiger partial charge in [0.25, 0.3) is 0 Å². The number of ether oxygens (including phenoxy) is 1. The highest BCUT2D eigenvalue weighted by molar-refractivity contribution is 5.68. The third-order valence-electron chi connectivity index (χ3n) is 4.38. The molecule has 5 nitrogen and oxygen atoms in total. The first-order chi connectivity index (χ1) is 13.2. The molecule has 2 aromatic carbocycles. The molecule has 0 radical (unpaired) electrons. The van der Waals surface area contributed by atoms with Gasteiger partial charge in [-0.15, -0.1) is 0 Å². The van der Waals surface area contributed by atoms with Gasteiger partial charge >= 0.3 is 6.09 Å². The van der Waals surface area contributed by atoms with E-state index in [4.69, 9.17) is 10.5 Å². The van der Waals surface area contributed by atoms with Gasteiger partial charge in [0.2, 0.25) is 0 Å². The predicted molar refractivity (Wildman–Crippen MR) is 112 cm³/mol. The second-order valence-electron chi connectivity index (χ2n) is 8.19. The summed E-state index contributed by atoms with van der Waals surface area (Å²) in [7, 11) is 0. The lowest BCUT2D eigenvalue weighted by molar-refractivity contribution is 0.0475. The number of hydrogen-bond donors (Lipinski definition) is 3. The van der Waals surface area contributed by atoms with Gasteiger partial charge < -0.3 is 20.9 Å². The molecule has 0 aliphatic heterocycles. The first kappa shape index (κ1) is 21.9. The monoisotopic (exact) mass is 384 g/mol. The number of carbonyl (C=O) groups is 1. The van der Waals surface area contributed by atoms with Gasteiger partial charge in [-0.05, 0) is 51.2 Å². The van der Waals surface area contributed by atoms with Crippen LogP contribution >= 0.6 is 0 Å². The van der Waals surface area contributed by atoms with Gasteiger partial charge in [0, 0.05) is 12.1 Å². The summed E-state index contributed by atoms with van der Waals surface area (Å²) in [4.78, 5) is 12.3. The fraction of sp³-hybridized carbons (Fsp3) is 0.435. The maximum absolute atomic E-state index is 12.3. The lowest BCUT2D eigenvalue weighted by Gasteiger charge is -2.27. The van der Waals surface area contributed by atoms with Gasteiger partial charge in [0.15, 0.2) is 0 Å². The molecular weight excluding hydrogens is 352 g/mol. The summed E-state index contributed by atoms with van der Waals surface area (Å²) in [6, 6.07) is 19.0. The molecule has 0 saturated carbocycles. The Morgan fingerprint density at radius 3 is 2.00 bits per heavy atom. The zero-order valence-electron chi connectivity index (χ0n) is 17.0. The van der Waals surface area contributed by atoms with Crippen LogP contribution in [-0.4, -0.2) is 35.0 Å². The summed E-state index contributed by atoms with van der Waals surface area (Å²) in [5, 5.41) is 13.6. The van der Waals surface area contributed by atoms with E-state index in [-0.39, 0.29) is 6.04 Å². The van der Waals surface area contributed by atoms with Gasteiger partial charge in [-0.2, -0.15) is 0 Å². The van der Waals surface area contributed by atoms with Crippen molar-refractivity contribution < 1.29 is 14.6 Å². The van der Waals surface area contributed by atoms with E-state index in [0.29, 0.717) is 19.3 Å². The normalized spacial score (nSPS) is 14.8. The highest BCUT2D eigenvalue weighted by Crippen LogP contribution is 2.14. The Labute approximate surface area is 167 Å². The Hall–Kier alpha value is -2.37. The molecule has 0 aromatic heterocycles. The first-order valence-corrected chi connectivity index (χ1v) is 9.74. The topological polar surface area (TPSA) is 84.6 Å². The molecule has 0 aliphatic rings. The third kappa shape index (κ3) is 8.11. The fourth-order valence-corrected chi connectivity index (χ4v) is 3.05. The summed E-state index contributed by atoms with van der Waals surface area (Å²) >= 11 is 0. The lowest BCUT2D eigenvalue weighted by atomic mass is 9.94. The quantitative estimate of drug-likeness (QED) is 0.651. The third-order valence-corrected chi connectivity index (χ3v) is 4.38. The average Bonchev–Trinajstić information content (AvgIpc) is 2.61. The summed E-state index contributed by atoms with van der Waals surface area (Å²) in [6.45, 7) is 5.47. The van der Waals surface area contributed by atoms with Crippen molar-refractivity contribution in [1.29, 1.82) is 0 Å². The Morgan fingerprint density at radius 2 is 1.50 bits per heavy atom. The molecule has 2 rings (SSSR count). The number of aliphatic hydroxyl groups excluding tert-OH is 1. The lowest BCUT2D eigenvalue weighted by Crippen LogP contribution is -2.46. The second-order valence-corrected chi connectivity index (χ2v) is 8.19. The number of amides is 1. The van der Waals surface area contributed by atoms with Crippen molar-refractivity contribution in [2.75, 3.05) is 0 Å². The molecule has 0 saturated heterocycles. The standard InChI is InChI=1S/C23H32N2O3/c1-23(2,3)28-22(27)25-19(14-17-10-6-4-7-11-17)16-21(26)20(24)15-18-12-8-5-9-13-18/h4-13,19-21,26H,14-16,24H2,1-3H3,(H,25,27)/t19-,20-,21+/m0/s1. The van der Waals surface area contributed by atoms with Crippen molar-refractivity contribution in [2.45, 2.75) is 63.8 Å². The molecule has 152 valence electrons. The first-order valence-electron chi connectivity index (χ1n) is 9.74. The molecule has 0 bridgehead atoms. The van der Waals surface area contributed by atoms with Crippen LogP contribution in [0.5, 0.6) is 0 Å². The van der Waals surface area contributed by atoms with Gasteiger partial charge in [-0.25, -0.2) is 4.79 Å². The molecule has 0 heterocycles. The Bertz CT molecular complexity index is 714. The predicted octanol–water partition coefficient (Wildman–Crippen LogP) is 3.44. The van der Waals surface area contributed by atoms with Crippen LogP contribution in [0.3, 0.4) is 0 Å². The number of hydrogen-bond acceptors (Lipinski definition) is 4. The van der Waals surface area contributed by atoms with E-state index < -0.39 is 23.8 Å². The minimum Gasteiger partial charge on any atom is -0.444 e. The molecule has 3 atom stereocenters. The minimum atomic E-state index is -0.746. The maximum Gasteiger partial charge on any atom is 0.407 e. The minimum absolute atomic E-state index is 0.283. The number of rotatable bonds is 8. The summed E-state index contributed by atoms with van der Waals surface area (Å²) in [6.07, 6.45) is 0.283. The smallest absolute Gasteiger partial charge is 0.407 e. The van der Waals surface area contributed by atoms with Crippen LogP contribution < -0.4 is 11.1 Å². The van der Waals surface area contributed by atoms with E-state index in [1.54, 1.807) is 0 Å². The SMILES string of the molecule is CC(C)(C)OC(=O)N[C@@H](Cc1ccccc1)C[C@@H](O)[C@@H](N)Cc1ccccc1. The molecule has 0 unspecified atom stereocenters. The van der Waals surface area contributed by atoms with Crippen LogP contribution in [-0.2, 0) is 17.6 Å².